The Morgan fingerprint density at radius 3 is 2.88 bits per heavy atom. The molecule has 142 valence electrons. The molecule has 0 bridgehead atoms. The number of nitrogens with zero attached hydrogens (tertiary/aromatic N) is 8. The lowest BCUT2D eigenvalue weighted by Crippen LogP contribution is -2.56. The molecule has 1 saturated heterocycles. The van der Waals surface area contributed by atoms with Crippen LogP contribution in [-0.2, 0) is 23.9 Å². The molecule has 3 heterocycles. The second kappa shape index (κ2) is 7.50. The molecule has 2 aromatic heterocycles. The standard InChI is InChI=1S/C16H26N8O2/c1-21(2)16(15-17-19-20-24(15)10-11-26-4)7-5-8-23(12-16)14(25)13-6-9-22(3)18-13/h6,9H,5,7-8,10-12H2,1-4H3. The maximum absolute atomic E-state index is 12.9. The number of ether oxygens (including phenoxy) is 1. The molecule has 26 heavy (non-hydrogen) atoms. The summed E-state index contributed by atoms with van der Waals surface area (Å²) in [6.07, 6.45) is 3.52. The quantitative estimate of drug-likeness (QED) is 0.699. The average molecular weight is 362 g/mol. The van der Waals surface area contributed by atoms with Gasteiger partial charge in [0.05, 0.1) is 13.2 Å². The summed E-state index contributed by atoms with van der Waals surface area (Å²) in [6.45, 7) is 2.31. The van der Waals surface area contributed by atoms with Gasteiger partial charge in [-0.05, 0) is 43.4 Å². The van der Waals surface area contributed by atoms with Crippen LogP contribution in [0.25, 0.3) is 0 Å². The molecular formula is C16H26N8O2. The van der Waals surface area contributed by atoms with Crippen LogP contribution in [0.1, 0.15) is 29.2 Å². The summed E-state index contributed by atoms with van der Waals surface area (Å²) in [5.74, 6) is 0.700. The fourth-order valence-electron chi connectivity index (χ4n) is 3.51. The molecule has 10 nitrogen and oxygen atoms in total. The van der Waals surface area contributed by atoms with E-state index < -0.39 is 5.54 Å². The monoisotopic (exact) mass is 362 g/mol. The van der Waals surface area contributed by atoms with Gasteiger partial charge < -0.3 is 9.64 Å². The predicted molar refractivity (Wildman–Crippen MR) is 93.4 cm³/mol. The van der Waals surface area contributed by atoms with Crippen LogP contribution in [0.2, 0.25) is 0 Å². The topological polar surface area (TPSA) is 94.2 Å². The Balaban J connectivity index is 1.89. The van der Waals surface area contributed by atoms with Gasteiger partial charge in [0.2, 0.25) is 0 Å². The average Bonchev–Trinajstić information content (AvgIpc) is 3.28. The van der Waals surface area contributed by atoms with Gasteiger partial charge in [-0.2, -0.15) is 5.10 Å². The Hall–Kier alpha value is -2.33. The number of amides is 1. The van der Waals surface area contributed by atoms with Crippen LogP contribution >= 0.6 is 0 Å². The van der Waals surface area contributed by atoms with Gasteiger partial charge in [-0.3, -0.25) is 14.4 Å². The lowest BCUT2D eigenvalue weighted by Gasteiger charge is -2.45. The Bertz CT molecular complexity index is 755. The molecule has 1 unspecified atom stereocenters. The minimum absolute atomic E-state index is 0.0626. The third kappa shape index (κ3) is 3.34. The third-order valence-corrected chi connectivity index (χ3v) is 5.00. The first kappa shape index (κ1) is 18.5. The summed E-state index contributed by atoms with van der Waals surface area (Å²) in [6, 6.07) is 1.75. The van der Waals surface area contributed by atoms with Gasteiger partial charge in [0.15, 0.2) is 5.82 Å². The van der Waals surface area contributed by atoms with Crippen LogP contribution in [-0.4, -0.2) is 86.6 Å². The molecule has 0 N–H and O–H groups in total. The fraction of sp³-hybridized carbons (Fsp3) is 0.688. The highest BCUT2D eigenvalue weighted by molar-refractivity contribution is 5.92. The zero-order valence-corrected chi connectivity index (χ0v) is 15.8. The number of aromatic nitrogens is 6. The molecule has 1 fully saturated rings. The van der Waals surface area contributed by atoms with Crippen LogP contribution < -0.4 is 0 Å². The maximum Gasteiger partial charge on any atom is 0.274 e. The molecule has 1 aliphatic heterocycles. The van der Waals surface area contributed by atoms with Crippen molar-refractivity contribution in [2.24, 2.45) is 7.05 Å². The van der Waals surface area contributed by atoms with Gasteiger partial charge in [-0.25, -0.2) is 4.68 Å². The fourth-order valence-corrected chi connectivity index (χ4v) is 3.51. The van der Waals surface area contributed by atoms with Crippen LogP contribution in [0.5, 0.6) is 0 Å². The molecule has 0 radical (unpaired) electrons. The summed E-state index contributed by atoms with van der Waals surface area (Å²) in [4.78, 5) is 16.9. The first-order valence-corrected chi connectivity index (χ1v) is 8.70. The second-order valence-electron chi connectivity index (χ2n) is 6.85. The molecule has 0 aliphatic carbocycles. The number of carbonyl (C=O) groups is 1. The molecule has 1 atom stereocenters. The number of piperidine rings is 1. The maximum atomic E-state index is 12.9. The van der Waals surface area contributed by atoms with Crippen molar-refractivity contribution >= 4 is 5.91 Å². The number of tetrazole rings is 1. The lowest BCUT2D eigenvalue weighted by molar-refractivity contribution is 0.0247. The van der Waals surface area contributed by atoms with Crippen molar-refractivity contribution in [1.82, 2.24) is 39.8 Å². The van der Waals surface area contributed by atoms with E-state index in [1.807, 2.05) is 19.0 Å². The van der Waals surface area contributed by atoms with Gasteiger partial charge in [-0.1, -0.05) is 0 Å². The van der Waals surface area contributed by atoms with Crippen molar-refractivity contribution < 1.29 is 9.53 Å². The number of carbonyl (C=O) groups excluding carboxylic acids is 1. The highest BCUT2D eigenvalue weighted by atomic mass is 16.5. The van der Waals surface area contributed by atoms with E-state index >= 15 is 0 Å². The molecule has 10 heteroatoms. The number of likely N-dealkylation sites (N-methyl/N-ethyl adjacent to an activating group) is 1. The molecular weight excluding hydrogens is 336 g/mol. The smallest absolute Gasteiger partial charge is 0.274 e. The van der Waals surface area contributed by atoms with E-state index in [0.717, 1.165) is 18.7 Å². The van der Waals surface area contributed by atoms with Crippen molar-refractivity contribution in [2.75, 3.05) is 40.9 Å². The first-order valence-electron chi connectivity index (χ1n) is 8.70. The van der Waals surface area contributed by atoms with E-state index in [9.17, 15) is 4.79 Å². The molecule has 1 aliphatic rings. The summed E-state index contributed by atoms with van der Waals surface area (Å²) >= 11 is 0. The SMILES string of the molecule is COCCn1nnnc1C1(N(C)C)CCCN(C(=O)c2ccn(C)n2)C1. The molecule has 0 saturated carbocycles. The highest BCUT2D eigenvalue weighted by Gasteiger charge is 2.45. The lowest BCUT2D eigenvalue weighted by atomic mass is 9.86. The van der Waals surface area contributed by atoms with Crippen LogP contribution in [0, 0.1) is 0 Å². The Labute approximate surface area is 152 Å². The van der Waals surface area contributed by atoms with Gasteiger partial charge in [0.25, 0.3) is 5.91 Å². The van der Waals surface area contributed by atoms with Gasteiger partial charge in [0, 0.05) is 33.4 Å². The zero-order valence-electron chi connectivity index (χ0n) is 15.8. The molecule has 0 spiro atoms. The molecule has 0 aromatic carbocycles. The molecule has 3 rings (SSSR count). The summed E-state index contributed by atoms with van der Waals surface area (Å²) < 4.78 is 8.58. The van der Waals surface area contributed by atoms with E-state index in [-0.39, 0.29) is 5.91 Å². The molecule has 1 amide bonds. The number of hydrogen-bond donors (Lipinski definition) is 0. The van der Waals surface area contributed by atoms with Crippen LogP contribution in [0.15, 0.2) is 12.3 Å². The number of rotatable bonds is 6. The van der Waals surface area contributed by atoms with Crippen molar-refractivity contribution in [3.63, 3.8) is 0 Å². The predicted octanol–water partition coefficient (Wildman–Crippen LogP) is -0.254. The van der Waals surface area contributed by atoms with E-state index in [2.05, 4.69) is 25.5 Å². The van der Waals surface area contributed by atoms with Crippen molar-refractivity contribution in [2.45, 2.75) is 24.9 Å². The Morgan fingerprint density at radius 1 is 1.42 bits per heavy atom. The first-order chi connectivity index (χ1) is 12.5. The Kier molecular flexibility index (Phi) is 5.33. The summed E-state index contributed by atoms with van der Waals surface area (Å²) in [5.41, 5.74) is 0.0148. The van der Waals surface area contributed by atoms with Gasteiger partial charge in [0.1, 0.15) is 11.2 Å². The van der Waals surface area contributed by atoms with Crippen LogP contribution in [0.4, 0.5) is 0 Å². The summed E-state index contributed by atoms with van der Waals surface area (Å²) in [5, 5.41) is 16.5. The Morgan fingerprint density at radius 2 is 2.23 bits per heavy atom. The van der Waals surface area contributed by atoms with Gasteiger partial charge in [-0.15, -0.1) is 5.10 Å². The number of hydrogen-bond acceptors (Lipinski definition) is 7. The second-order valence-corrected chi connectivity index (χ2v) is 6.85. The van der Waals surface area contributed by atoms with E-state index in [1.165, 1.54) is 0 Å². The minimum atomic E-state index is -0.445. The largest absolute Gasteiger partial charge is 0.383 e. The van der Waals surface area contributed by atoms with E-state index in [0.29, 0.717) is 31.9 Å². The number of methoxy groups -OCH3 is 1. The minimum Gasteiger partial charge on any atom is -0.383 e. The van der Waals surface area contributed by atoms with Crippen molar-refractivity contribution in [3.8, 4) is 0 Å². The normalized spacial score (nSPS) is 20.7. The van der Waals surface area contributed by atoms with E-state index in [1.54, 1.807) is 35.8 Å². The van der Waals surface area contributed by atoms with Crippen molar-refractivity contribution in [1.29, 1.82) is 0 Å². The van der Waals surface area contributed by atoms with Crippen LogP contribution in [0.3, 0.4) is 0 Å². The third-order valence-electron chi connectivity index (χ3n) is 5.00. The number of aryl methyl sites for hydroxylation is 1. The van der Waals surface area contributed by atoms with Crippen molar-refractivity contribution in [3.05, 3.63) is 23.8 Å². The van der Waals surface area contributed by atoms with Gasteiger partial charge >= 0.3 is 0 Å². The van der Waals surface area contributed by atoms with E-state index in [4.69, 9.17) is 4.74 Å². The molecule has 2 aromatic rings. The zero-order chi connectivity index (χ0) is 18.7. The summed E-state index contributed by atoms with van der Waals surface area (Å²) in [7, 11) is 7.47. The highest BCUT2D eigenvalue weighted by Crippen LogP contribution is 2.35. The number of likely N-dealkylation sites (tertiary alicyclic amines) is 1.